The van der Waals surface area contributed by atoms with Gasteiger partial charge in [0.05, 0.1) is 0 Å². The van der Waals surface area contributed by atoms with Crippen molar-refractivity contribution in [2.24, 2.45) is 0 Å². The van der Waals surface area contributed by atoms with Gasteiger partial charge < -0.3 is 0 Å². The first kappa shape index (κ1) is 9.66. The lowest BCUT2D eigenvalue weighted by Crippen LogP contribution is -1.65. The van der Waals surface area contributed by atoms with Crippen LogP contribution >= 0.6 is 25.3 Å². The highest BCUT2D eigenvalue weighted by Gasteiger charge is 1.86. The van der Waals surface area contributed by atoms with Gasteiger partial charge in [0, 0.05) is 9.79 Å². The molecule has 0 heterocycles. The molecular formula is C8H10S2. The summed E-state index contributed by atoms with van der Waals surface area (Å²) in [6.45, 7) is 6.00. The van der Waals surface area contributed by atoms with Gasteiger partial charge in [0.2, 0.25) is 0 Å². The number of hydrogen-bond donors (Lipinski definition) is 2. The molecule has 0 aliphatic rings. The second kappa shape index (κ2) is 5.45. The molecule has 0 atom stereocenters. The fourth-order valence-electron chi connectivity index (χ4n) is 0.464. The van der Waals surface area contributed by atoms with Crippen molar-refractivity contribution in [3.05, 3.63) is 37.4 Å². The van der Waals surface area contributed by atoms with Gasteiger partial charge >= 0.3 is 0 Å². The first-order valence-corrected chi connectivity index (χ1v) is 3.67. The van der Waals surface area contributed by atoms with E-state index in [0.29, 0.717) is 0 Å². The van der Waals surface area contributed by atoms with Crippen molar-refractivity contribution < 1.29 is 0 Å². The Bertz CT molecular complexity index is 175. The van der Waals surface area contributed by atoms with Gasteiger partial charge in [-0.2, -0.15) is 0 Å². The number of hydrogen-bond acceptors (Lipinski definition) is 2. The molecule has 0 amide bonds. The smallest absolute Gasteiger partial charge is 0.0174 e. The standard InChI is InChI=1S/C6H6S2.C2H4/c7-5-3-1-2-4-6(5)8;1-2/h1-4,7-8H;1-2H2. The Balaban J connectivity index is 0.000000371. The number of rotatable bonds is 0. The third-order valence-corrected chi connectivity index (χ3v) is 1.84. The van der Waals surface area contributed by atoms with Gasteiger partial charge in [0.15, 0.2) is 0 Å². The van der Waals surface area contributed by atoms with Gasteiger partial charge in [-0.05, 0) is 12.1 Å². The van der Waals surface area contributed by atoms with Gasteiger partial charge in [0.25, 0.3) is 0 Å². The predicted molar refractivity (Wildman–Crippen MR) is 52.2 cm³/mol. The maximum atomic E-state index is 4.12. The first-order chi connectivity index (χ1) is 4.80. The summed E-state index contributed by atoms with van der Waals surface area (Å²) in [5.74, 6) is 0. The van der Waals surface area contributed by atoms with Crippen molar-refractivity contribution in [2.45, 2.75) is 9.79 Å². The fourth-order valence-corrected chi connectivity index (χ4v) is 0.785. The van der Waals surface area contributed by atoms with Crippen LogP contribution in [0.25, 0.3) is 0 Å². The molecule has 0 unspecified atom stereocenters. The molecule has 0 saturated carbocycles. The van der Waals surface area contributed by atoms with Crippen molar-refractivity contribution in [3.8, 4) is 0 Å². The predicted octanol–water partition coefficient (Wildman–Crippen LogP) is 3.07. The van der Waals surface area contributed by atoms with E-state index in [4.69, 9.17) is 0 Å². The topological polar surface area (TPSA) is 0 Å². The molecule has 0 aromatic heterocycles. The highest BCUT2D eigenvalue weighted by atomic mass is 32.1. The Morgan fingerprint density at radius 2 is 1.20 bits per heavy atom. The molecular weight excluding hydrogens is 160 g/mol. The lowest BCUT2D eigenvalue weighted by atomic mass is 10.4. The monoisotopic (exact) mass is 170 g/mol. The molecule has 2 heteroatoms. The van der Waals surface area contributed by atoms with E-state index in [0.717, 1.165) is 9.79 Å². The summed E-state index contributed by atoms with van der Waals surface area (Å²) >= 11 is 8.24. The van der Waals surface area contributed by atoms with Crippen LogP contribution in [0.1, 0.15) is 0 Å². The van der Waals surface area contributed by atoms with E-state index in [1.807, 2.05) is 24.3 Å². The first-order valence-electron chi connectivity index (χ1n) is 2.77. The van der Waals surface area contributed by atoms with Gasteiger partial charge in [-0.25, -0.2) is 0 Å². The zero-order valence-corrected chi connectivity index (χ0v) is 7.41. The Labute approximate surface area is 72.8 Å². The SMILES string of the molecule is C=C.Sc1ccccc1S. The van der Waals surface area contributed by atoms with Crippen molar-refractivity contribution in [2.75, 3.05) is 0 Å². The third-order valence-electron chi connectivity index (χ3n) is 0.882. The average Bonchev–Trinajstić information content (AvgIpc) is 2.00. The fraction of sp³-hybridized carbons (Fsp3) is 0. The molecule has 10 heavy (non-hydrogen) atoms. The van der Waals surface area contributed by atoms with Crippen LogP contribution < -0.4 is 0 Å². The highest BCUT2D eigenvalue weighted by Crippen LogP contribution is 2.15. The quantitative estimate of drug-likeness (QED) is 0.434. The summed E-state index contributed by atoms with van der Waals surface area (Å²) < 4.78 is 0. The van der Waals surface area contributed by atoms with E-state index >= 15 is 0 Å². The zero-order valence-electron chi connectivity index (χ0n) is 5.62. The zero-order chi connectivity index (χ0) is 7.98. The molecule has 0 nitrogen and oxygen atoms in total. The molecule has 0 fully saturated rings. The highest BCUT2D eigenvalue weighted by molar-refractivity contribution is 7.83. The van der Waals surface area contributed by atoms with Gasteiger partial charge in [-0.3, -0.25) is 0 Å². The molecule has 0 spiro atoms. The van der Waals surface area contributed by atoms with Crippen molar-refractivity contribution in [3.63, 3.8) is 0 Å². The van der Waals surface area contributed by atoms with Crippen LogP contribution in [-0.4, -0.2) is 0 Å². The van der Waals surface area contributed by atoms with E-state index in [1.54, 1.807) is 0 Å². The molecule has 54 valence electrons. The molecule has 0 aliphatic heterocycles. The summed E-state index contributed by atoms with van der Waals surface area (Å²) in [5.41, 5.74) is 0. The lowest BCUT2D eigenvalue weighted by molar-refractivity contribution is 1.27. The van der Waals surface area contributed by atoms with Gasteiger partial charge in [-0.15, -0.1) is 38.4 Å². The Morgan fingerprint density at radius 1 is 0.900 bits per heavy atom. The Kier molecular flexibility index (Phi) is 5.26. The summed E-state index contributed by atoms with van der Waals surface area (Å²) in [6, 6.07) is 7.68. The van der Waals surface area contributed by atoms with E-state index in [-0.39, 0.29) is 0 Å². The van der Waals surface area contributed by atoms with Crippen molar-refractivity contribution in [1.82, 2.24) is 0 Å². The normalized spacial score (nSPS) is 7.80. The lowest BCUT2D eigenvalue weighted by Gasteiger charge is -1.91. The molecule has 1 aromatic rings. The largest absolute Gasteiger partial charge is 0.142 e. The molecule has 0 aliphatic carbocycles. The maximum absolute atomic E-state index is 4.12. The van der Waals surface area contributed by atoms with E-state index in [2.05, 4.69) is 38.4 Å². The summed E-state index contributed by atoms with van der Waals surface area (Å²) in [4.78, 5) is 1.85. The Morgan fingerprint density at radius 3 is 1.40 bits per heavy atom. The second-order valence-corrected chi connectivity index (χ2v) is 2.45. The Hall–Kier alpha value is -0.340. The van der Waals surface area contributed by atoms with Crippen LogP contribution in [-0.2, 0) is 0 Å². The van der Waals surface area contributed by atoms with Crippen molar-refractivity contribution in [1.29, 1.82) is 0 Å². The van der Waals surface area contributed by atoms with Crippen LogP contribution in [0.4, 0.5) is 0 Å². The molecule has 0 saturated heterocycles. The van der Waals surface area contributed by atoms with Gasteiger partial charge in [0.1, 0.15) is 0 Å². The molecule has 1 aromatic carbocycles. The van der Waals surface area contributed by atoms with Crippen LogP contribution in [0, 0.1) is 0 Å². The van der Waals surface area contributed by atoms with Crippen LogP contribution in [0.3, 0.4) is 0 Å². The summed E-state index contributed by atoms with van der Waals surface area (Å²) in [6.07, 6.45) is 0. The van der Waals surface area contributed by atoms with E-state index < -0.39 is 0 Å². The van der Waals surface area contributed by atoms with E-state index in [1.165, 1.54) is 0 Å². The van der Waals surface area contributed by atoms with Crippen LogP contribution in [0.15, 0.2) is 47.2 Å². The maximum Gasteiger partial charge on any atom is 0.0174 e. The van der Waals surface area contributed by atoms with Crippen LogP contribution in [0.2, 0.25) is 0 Å². The minimum absolute atomic E-state index is 0.927. The molecule has 0 radical (unpaired) electrons. The summed E-state index contributed by atoms with van der Waals surface area (Å²) in [5, 5.41) is 0. The minimum Gasteiger partial charge on any atom is -0.142 e. The molecule has 0 N–H and O–H groups in total. The van der Waals surface area contributed by atoms with E-state index in [9.17, 15) is 0 Å². The third kappa shape index (κ3) is 2.99. The average molecular weight is 170 g/mol. The minimum atomic E-state index is 0.927. The molecule has 1 rings (SSSR count). The van der Waals surface area contributed by atoms with Crippen LogP contribution in [0.5, 0.6) is 0 Å². The van der Waals surface area contributed by atoms with Gasteiger partial charge in [-0.1, -0.05) is 12.1 Å². The molecule has 0 bridgehead atoms. The number of thiol groups is 2. The second-order valence-electron chi connectivity index (χ2n) is 1.49. The van der Waals surface area contributed by atoms with Crippen molar-refractivity contribution >= 4 is 25.3 Å². The summed E-state index contributed by atoms with van der Waals surface area (Å²) in [7, 11) is 0. The number of benzene rings is 1.